The van der Waals surface area contributed by atoms with E-state index < -0.39 is 0 Å². The van der Waals surface area contributed by atoms with E-state index in [4.69, 9.17) is 4.52 Å². The minimum Gasteiger partial charge on any atom is -0.351 e. The highest BCUT2D eigenvalue weighted by Gasteiger charge is 2.35. The van der Waals surface area contributed by atoms with Crippen LogP contribution in [0.4, 0.5) is 0 Å². The van der Waals surface area contributed by atoms with Crippen molar-refractivity contribution in [1.29, 1.82) is 0 Å². The van der Waals surface area contributed by atoms with Crippen molar-refractivity contribution < 1.29 is 14.1 Å². The molecule has 0 saturated heterocycles. The van der Waals surface area contributed by atoms with Crippen LogP contribution in [0, 0.1) is 6.92 Å². The summed E-state index contributed by atoms with van der Waals surface area (Å²) in [4.78, 5) is 26.4. The molecule has 0 atom stereocenters. The van der Waals surface area contributed by atoms with Crippen LogP contribution >= 0.6 is 0 Å². The van der Waals surface area contributed by atoms with E-state index in [1.165, 1.54) is 0 Å². The molecule has 2 aromatic rings. The lowest BCUT2D eigenvalue weighted by atomic mass is 10.2. The summed E-state index contributed by atoms with van der Waals surface area (Å²) in [5.41, 5.74) is 2.78. The van der Waals surface area contributed by atoms with Crippen LogP contribution in [-0.4, -0.2) is 37.7 Å². The van der Waals surface area contributed by atoms with Crippen LogP contribution in [0.25, 0.3) is 0 Å². The predicted octanol–water partition coefficient (Wildman–Crippen LogP) is 0.765. The number of amides is 2. The van der Waals surface area contributed by atoms with Crippen LogP contribution in [0.15, 0.2) is 10.6 Å². The number of hydrogen-bond donors (Lipinski definition) is 1. The first-order valence-corrected chi connectivity index (χ1v) is 7.61. The van der Waals surface area contributed by atoms with Gasteiger partial charge >= 0.3 is 0 Å². The topological polar surface area (TPSA) is 93.3 Å². The van der Waals surface area contributed by atoms with Crippen molar-refractivity contribution in [3.05, 3.63) is 34.5 Å². The van der Waals surface area contributed by atoms with Crippen molar-refractivity contribution in [2.45, 2.75) is 38.9 Å². The van der Waals surface area contributed by atoms with Gasteiger partial charge in [0.2, 0.25) is 5.76 Å². The minimum absolute atomic E-state index is 0.158. The Morgan fingerprint density at radius 2 is 2.13 bits per heavy atom. The normalized spacial score (nSPS) is 16.5. The molecular formula is C15H17N5O3. The Morgan fingerprint density at radius 3 is 2.78 bits per heavy atom. The predicted molar refractivity (Wildman–Crippen MR) is 78.5 cm³/mol. The zero-order valence-corrected chi connectivity index (χ0v) is 13.0. The Hall–Kier alpha value is -2.64. The molecule has 3 heterocycles. The monoisotopic (exact) mass is 315 g/mol. The van der Waals surface area contributed by atoms with Gasteiger partial charge in [-0.1, -0.05) is 5.16 Å². The molecule has 1 saturated carbocycles. The third kappa shape index (κ3) is 2.39. The minimum atomic E-state index is -0.227. The first kappa shape index (κ1) is 14.0. The Bertz CT molecular complexity index is 802. The highest BCUT2D eigenvalue weighted by molar-refractivity contribution is 5.96. The number of hydrogen-bond acceptors (Lipinski definition) is 5. The van der Waals surface area contributed by atoms with Gasteiger partial charge in [0.15, 0.2) is 5.69 Å². The zero-order chi connectivity index (χ0) is 16.1. The molecule has 1 aliphatic heterocycles. The maximum atomic E-state index is 12.5. The summed E-state index contributed by atoms with van der Waals surface area (Å²) in [5.74, 6) is -0.170. The number of carbonyl (C=O) groups excluding carboxylic acids is 2. The van der Waals surface area contributed by atoms with E-state index in [0.717, 1.165) is 24.1 Å². The number of carbonyl (C=O) groups is 2. The second kappa shape index (κ2) is 4.94. The molecule has 2 aromatic heterocycles. The Labute approximate surface area is 132 Å². The Morgan fingerprint density at radius 1 is 1.35 bits per heavy atom. The van der Waals surface area contributed by atoms with Crippen LogP contribution < -0.4 is 5.32 Å². The number of nitrogens with zero attached hydrogens (tertiary/aromatic N) is 4. The largest absolute Gasteiger partial charge is 0.351 e. The second-order valence-corrected chi connectivity index (χ2v) is 6.14. The van der Waals surface area contributed by atoms with E-state index in [1.807, 2.05) is 0 Å². The number of fused-ring (bicyclic) bond motifs is 1. The molecule has 8 nitrogen and oxygen atoms in total. The molecule has 0 aromatic carbocycles. The summed E-state index contributed by atoms with van der Waals surface area (Å²) < 4.78 is 6.72. The molecule has 2 amide bonds. The average molecular weight is 315 g/mol. The van der Waals surface area contributed by atoms with E-state index in [-0.39, 0.29) is 23.6 Å². The quantitative estimate of drug-likeness (QED) is 0.903. The van der Waals surface area contributed by atoms with Gasteiger partial charge in [-0.2, -0.15) is 5.10 Å². The molecule has 4 rings (SSSR count). The fourth-order valence-corrected chi connectivity index (χ4v) is 2.82. The maximum Gasteiger partial charge on any atom is 0.293 e. The van der Waals surface area contributed by atoms with Crippen LogP contribution in [0.3, 0.4) is 0 Å². The molecule has 1 aliphatic carbocycles. The Kier molecular flexibility index (Phi) is 3.00. The molecule has 1 fully saturated rings. The van der Waals surface area contributed by atoms with Gasteiger partial charge in [-0.25, -0.2) is 0 Å². The van der Waals surface area contributed by atoms with Crippen molar-refractivity contribution in [3.8, 4) is 0 Å². The number of rotatable bonds is 3. The first-order valence-electron chi connectivity index (χ1n) is 7.61. The Balaban J connectivity index is 1.57. The molecule has 1 N–H and O–H groups in total. The van der Waals surface area contributed by atoms with Crippen LogP contribution in [0.5, 0.6) is 0 Å². The maximum absolute atomic E-state index is 12.5. The molecule has 0 unspecified atom stereocenters. The molecule has 120 valence electrons. The molecule has 0 spiro atoms. The zero-order valence-electron chi connectivity index (χ0n) is 13.0. The van der Waals surface area contributed by atoms with E-state index in [1.54, 1.807) is 29.6 Å². The van der Waals surface area contributed by atoms with Crippen LogP contribution in [0.1, 0.15) is 50.8 Å². The summed E-state index contributed by atoms with van der Waals surface area (Å²) in [5, 5.41) is 11.0. The number of nitrogens with one attached hydrogen (secondary N) is 1. The smallest absolute Gasteiger partial charge is 0.293 e. The van der Waals surface area contributed by atoms with Gasteiger partial charge in [0.1, 0.15) is 0 Å². The third-order valence-electron chi connectivity index (χ3n) is 4.22. The van der Waals surface area contributed by atoms with Gasteiger partial charge in [0.05, 0.1) is 24.5 Å². The standard InChI is InChI=1S/C15H17N5O3/c1-8-5-12(23-18-8)15(22)20-6-10-11(7-20)19(2)17-13(10)14(21)16-9-3-4-9/h5,9H,3-4,6-7H2,1-2H3,(H,16,21). The lowest BCUT2D eigenvalue weighted by Crippen LogP contribution is -2.29. The number of aromatic nitrogens is 3. The second-order valence-electron chi connectivity index (χ2n) is 6.14. The first-order chi connectivity index (χ1) is 11.0. The molecule has 0 radical (unpaired) electrons. The summed E-state index contributed by atoms with van der Waals surface area (Å²) in [6.45, 7) is 2.53. The van der Waals surface area contributed by atoms with Crippen LogP contribution in [-0.2, 0) is 20.1 Å². The van der Waals surface area contributed by atoms with E-state index in [9.17, 15) is 9.59 Å². The van der Waals surface area contributed by atoms with Gasteiger partial charge in [-0.15, -0.1) is 0 Å². The third-order valence-corrected chi connectivity index (χ3v) is 4.22. The summed E-state index contributed by atoms with van der Waals surface area (Å²) in [6, 6.07) is 1.89. The van der Waals surface area contributed by atoms with Crippen LogP contribution in [0.2, 0.25) is 0 Å². The van der Waals surface area contributed by atoms with Crippen molar-refractivity contribution in [3.63, 3.8) is 0 Å². The SMILES string of the molecule is Cc1cc(C(=O)N2Cc3c(C(=O)NC4CC4)nn(C)c3C2)on1. The van der Waals surface area contributed by atoms with Gasteiger partial charge in [-0.05, 0) is 19.8 Å². The summed E-state index contributed by atoms with van der Waals surface area (Å²) in [6.07, 6.45) is 2.05. The van der Waals surface area contributed by atoms with Crippen molar-refractivity contribution in [2.75, 3.05) is 0 Å². The van der Waals surface area contributed by atoms with Gasteiger partial charge in [0.25, 0.3) is 11.8 Å². The summed E-state index contributed by atoms with van der Waals surface area (Å²) >= 11 is 0. The molecule has 23 heavy (non-hydrogen) atoms. The van der Waals surface area contributed by atoms with E-state index >= 15 is 0 Å². The average Bonchev–Trinajstić information content (AvgIpc) is 2.95. The van der Waals surface area contributed by atoms with Gasteiger partial charge < -0.3 is 14.7 Å². The van der Waals surface area contributed by atoms with E-state index in [2.05, 4.69) is 15.6 Å². The molecule has 2 aliphatic rings. The molecule has 8 heteroatoms. The summed E-state index contributed by atoms with van der Waals surface area (Å²) in [7, 11) is 1.79. The highest BCUT2D eigenvalue weighted by atomic mass is 16.5. The lowest BCUT2D eigenvalue weighted by Gasteiger charge is -2.14. The van der Waals surface area contributed by atoms with Crippen molar-refractivity contribution in [1.82, 2.24) is 25.2 Å². The highest BCUT2D eigenvalue weighted by Crippen LogP contribution is 2.28. The molecule has 0 bridgehead atoms. The molecular weight excluding hydrogens is 298 g/mol. The fraction of sp³-hybridized carbons (Fsp3) is 0.467. The van der Waals surface area contributed by atoms with E-state index in [0.29, 0.717) is 24.5 Å². The van der Waals surface area contributed by atoms with Crippen molar-refractivity contribution >= 4 is 11.8 Å². The van der Waals surface area contributed by atoms with Gasteiger partial charge in [0, 0.05) is 24.7 Å². The lowest BCUT2D eigenvalue weighted by molar-refractivity contribution is 0.0704. The van der Waals surface area contributed by atoms with Crippen molar-refractivity contribution in [2.24, 2.45) is 7.05 Å². The fourth-order valence-electron chi connectivity index (χ4n) is 2.82. The van der Waals surface area contributed by atoms with Gasteiger partial charge in [-0.3, -0.25) is 14.3 Å². The number of aryl methyl sites for hydroxylation is 2.